The van der Waals surface area contributed by atoms with Gasteiger partial charge in [0.05, 0.1) is 44.1 Å². The molecule has 2 aromatic heterocycles. The van der Waals surface area contributed by atoms with Crippen molar-refractivity contribution < 1.29 is 27.4 Å². The molecular formula is C36H33N2O4+3. The van der Waals surface area contributed by atoms with Gasteiger partial charge in [0.15, 0.2) is 24.8 Å². The summed E-state index contributed by atoms with van der Waals surface area (Å²) in [6.45, 7) is 3.84. The molecule has 0 aliphatic heterocycles. The molecule has 3 aromatic rings. The number of allylic oxidation sites excluding steroid dienone is 5. The molecule has 1 aromatic carbocycles. The highest BCUT2D eigenvalue weighted by atomic mass is 16.5. The minimum absolute atomic E-state index is 0.621. The predicted octanol–water partition coefficient (Wildman–Crippen LogP) is 3.59. The first-order valence-electron chi connectivity index (χ1n) is 13.1. The van der Waals surface area contributed by atoms with Crippen LogP contribution in [-0.4, -0.2) is 34.2 Å². The fourth-order valence-corrected chi connectivity index (χ4v) is 4.07. The number of ketones is 1. The number of aryl methyl sites for hydroxylation is 1. The molecule has 42 heavy (non-hydrogen) atoms. The first-order valence-corrected chi connectivity index (χ1v) is 13.1. The normalized spacial score (nSPS) is 14.3. The van der Waals surface area contributed by atoms with Gasteiger partial charge in [-0.3, -0.25) is 4.42 Å². The Morgan fingerprint density at radius 1 is 0.810 bits per heavy atom. The number of benzene rings is 1. The molecule has 0 saturated heterocycles. The van der Waals surface area contributed by atoms with Crippen LogP contribution in [0.2, 0.25) is 0 Å². The molecule has 6 nitrogen and oxygen atoms in total. The summed E-state index contributed by atoms with van der Waals surface area (Å²) in [7, 11) is 8.48. The predicted molar refractivity (Wildman–Crippen MR) is 164 cm³/mol. The van der Waals surface area contributed by atoms with E-state index in [0.29, 0.717) is 34.2 Å². The molecule has 0 unspecified atom stereocenters. The summed E-state index contributed by atoms with van der Waals surface area (Å²) < 4.78 is 26.2. The van der Waals surface area contributed by atoms with Gasteiger partial charge in [0.2, 0.25) is 0 Å². The molecule has 0 saturated carbocycles. The molecule has 2 heterocycles. The average molecular weight is 558 g/mol. The van der Waals surface area contributed by atoms with Gasteiger partial charge < -0.3 is 14.2 Å². The van der Waals surface area contributed by atoms with Crippen LogP contribution in [0.25, 0.3) is 18.2 Å². The number of carbonyl (C=O) groups excluding carboxylic acids is 1. The van der Waals surface area contributed by atoms with Gasteiger partial charge >= 0.3 is 5.78 Å². The lowest BCUT2D eigenvalue weighted by molar-refractivity contribution is -0.671. The molecule has 0 radical (unpaired) electrons. The second-order valence-corrected chi connectivity index (χ2v) is 9.20. The standard InChI is InChI=1S/C36H33N2O4/c1-37-19-15-27(16-20-37)11-13-31-25-33(39-3)29(23-35(31)41-5)9-7-8-10-30-24-36(42-6)32(26-34(30)40-4)14-12-28-17-21-38(2)22-18-28/h11-26H,1H2,2-6H3/q+3/b14-12+,31-13+. The van der Waals surface area contributed by atoms with Crippen molar-refractivity contribution in [2.24, 2.45) is 7.05 Å². The van der Waals surface area contributed by atoms with Crippen molar-refractivity contribution in [2.45, 2.75) is 0 Å². The average Bonchev–Trinajstić information content (AvgIpc) is 3.02. The number of aromatic nitrogens is 2. The highest BCUT2D eigenvalue weighted by molar-refractivity contribution is 6.09. The molecule has 0 N–H and O–H groups in total. The number of pyridine rings is 2. The van der Waals surface area contributed by atoms with Crippen molar-refractivity contribution in [1.29, 1.82) is 0 Å². The Morgan fingerprint density at radius 3 is 2.19 bits per heavy atom. The van der Waals surface area contributed by atoms with E-state index in [1.54, 1.807) is 32.7 Å². The van der Waals surface area contributed by atoms with E-state index in [-0.39, 0.29) is 0 Å². The van der Waals surface area contributed by atoms with E-state index in [0.717, 1.165) is 21.9 Å². The van der Waals surface area contributed by atoms with Gasteiger partial charge in [0.25, 0.3) is 7.11 Å². The maximum Gasteiger partial charge on any atom is 0.351 e. The van der Waals surface area contributed by atoms with Crippen LogP contribution in [0, 0.1) is 30.4 Å². The number of hydrogen-bond donors (Lipinski definition) is 0. The minimum atomic E-state index is 0.621. The van der Waals surface area contributed by atoms with Crippen LogP contribution < -0.4 is 23.5 Å². The van der Waals surface area contributed by atoms with Crippen molar-refractivity contribution in [3.05, 3.63) is 125 Å². The Hall–Kier alpha value is -5.59. The number of hydrogen-bond acceptors (Lipinski definition) is 3. The van der Waals surface area contributed by atoms with Gasteiger partial charge in [0.1, 0.15) is 31.0 Å². The maximum atomic E-state index is 5.63. The van der Waals surface area contributed by atoms with Crippen LogP contribution in [0.5, 0.6) is 11.5 Å². The first-order chi connectivity index (χ1) is 20.4. The zero-order chi connectivity index (χ0) is 29.9. The monoisotopic (exact) mass is 557 g/mol. The summed E-state index contributed by atoms with van der Waals surface area (Å²) in [5.41, 5.74) is 4.15. The summed E-state index contributed by atoms with van der Waals surface area (Å²) in [5.74, 6) is 14.6. The largest absolute Gasteiger partial charge is 0.496 e. The molecule has 0 atom stereocenters. The quantitative estimate of drug-likeness (QED) is 0.202. The topological polar surface area (TPSA) is 48.8 Å². The summed E-state index contributed by atoms with van der Waals surface area (Å²) in [6, 6.07) is 11.8. The van der Waals surface area contributed by atoms with Crippen molar-refractivity contribution in [3.63, 3.8) is 0 Å². The van der Waals surface area contributed by atoms with Crippen molar-refractivity contribution >= 4 is 24.0 Å². The number of nitrogens with zero attached hydrogens (tertiary/aromatic N) is 2. The molecule has 208 valence electrons. The number of ether oxygens (including phenoxy) is 3. The zero-order valence-corrected chi connectivity index (χ0v) is 24.5. The molecule has 1 aliphatic rings. The molecule has 1 aliphatic carbocycles. The van der Waals surface area contributed by atoms with E-state index in [4.69, 9.17) is 18.6 Å². The van der Waals surface area contributed by atoms with Gasteiger partial charge in [-0.1, -0.05) is 18.2 Å². The first kappa shape index (κ1) is 29.4. The summed E-state index contributed by atoms with van der Waals surface area (Å²) in [6.07, 6.45) is 19.5. The fraction of sp³-hybridized carbons (Fsp3) is 0.139. The van der Waals surface area contributed by atoms with Crippen LogP contribution in [-0.2, 0) is 16.2 Å². The van der Waals surface area contributed by atoms with Crippen molar-refractivity contribution in [2.75, 3.05) is 28.4 Å². The smallest absolute Gasteiger partial charge is 0.351 e. The maximum absolute atomic E-state index is 5.63. The third-order valence-electron chi connectivity index (χ3n) is 6.39. The van der Waals surface area contributed by atoms with Crippen LogP contribution >= 0.6 is 0 Å². The lowest BCUT2D eigenvalue weighted by Gasteiger charge is -2.10. The van der Waals surface area contributed by atoms with E-state index in [9.17, 15) is 0 Å². The molecule has 6 heteroatoms. The summed E-state index contributed by atoms with van der Waals surface area (Å²) >= 11 is 0. The van der Waals surface area contributed by atoms with E-state index in [1.807, 2.05) is 109 Å². The van der Waals surface area contributed by atoms with Crippen molar-refractivity contribution in [1.82, 2.24) is 0 Å². The number of methoxy groups -OCH3 is 3. The molecule has 0 amide bonds. The molecule has 4 rings (SSSR count). The second-order valence-electron chi connectivity index (χ2n) is 9.20. The Bertz CT molecular complexity index is 1850. The second kappa shape index (κ2) is 14.2. The Labute approximate surface area is 246 Å². The van der Waals surface area contributed by atoms with Gasteiger partial charge in [-0.2, -0.15) is 4.24 Å². The highest BCUT2D eigenvalue weighted by Crippen LogP contribution is 2.30. The van der Waals surface area contributed by atoms with Gasteiger partial charge in [-0.25, -0.2) is 4.57 Å². The number of rotatable bonds is 6. The van der Waals surface area contributed by atoms with E-state index >= 15 is 0 Å². The van der Waals surface area contributed by atoms with Crippen LogP contribution in [0.3, 0.4) is 0 Å². The van der Waals surface area contributed by atoms with Crippen LogP contribution in [0.4, 0.5) is 0 Å². The lowest BCUT2D eigenvalue weighted by atomic mass is 9.98. The van der Waals surface area contributed by atoms with Gasteiger partial charge in [-0.15, -0.1) is 0 Å². The van der Waals surface area contributed by atoms with Gasteiger partial charge in [0, 0.05) is 35.9 Å². The molecule has 0 fully saturated rings. The molecular weight excluding hydrogens is 524 g/mol. The highest BCUT2D eigenvalue weighted by Gasteiger charge is 2.22. The Morgan fingerprint density at radius 2 is 1.52 bits per heavy atom. The fourth-order valence-electron chi connectivity index (χ4n) is 4.07. The lowest BCUT2D eigenvalue weighted by Crippen LogP contribution is -2.25. The summed E-state index contributed by atoms with van der Waals surface area (Å²) in [5, 5.41) is 1.04. The zero-order valence-electron chi connectivity index (χ0n) is 24.5. The molecule has 0 bridgehead atoms. The third kappa shape index (κ3) is 7.53. The van der Waals surface area contributed by atoms with E-state index in [2.05, 4.69) is 30.4 Å². The Balaban J connectivity index is 1.59. The third-order valence-corrected chi connectivity index (χ3v) is 6.39. The van der Waals surface area contributed by atoms with E-state index in [1.165, 1.54) is 0 Å². The van der Waals surface area contributed by atoms with Crippen LogP contribution in [0.1, 0.15) is 16.7 Å². The Kier molecular flexibility index (Phi) is 9.91. The van der Waals surface area contributed by atoms with Crippen molar-refractivity contribution in [3.8, 4) is 35.2 Å². The molecule has 0 spiro atoms. The summed E-state index contributed by atoms with van der Waals surface area (Å²) in [4.78, 5) is 0. The minimum Gasteiger partial charge on any atom is -0.496 e. The SMILES string of the molecule is C=[n+]1ccc(=C/C=C2\C=C(OC)C(C#CC#Cc3cc(OC)c(/C=C/c4cc[n+](C)cc4)cc3OC)=CC2=[O+]C)cc1. The van der Waals surface area contributed by atoms with E-state index < -0.39 is 0 Å². The van der Waals surface area contributed by atoms with Crippen LogP contribution in [0.15, 0.2) is 96.3 Å². The van der Waals surface area contributed by atoms with Gasteiger partial charge in [-0.05, 0) is 52.7 Å².